The number of ether oxygens (including phenoxy) is 2. The van der Waals surface area contributed by atoms with Crippen molar-refractivity contribution in [2.24, 2.45) is 5.73 Å². The molecule has 3 rings (SSSR count). The Morgan fingerprint density at radius 1 is 1.25 bits per heavy atom. The maximum Gasteiger partial charge on any atom is 0.240 e. The second kappa shape index (κ2) is 7.43. The Labute approximate surface area is 143 Å². The highest BCUT2D eigenvalue weighted by atomic mass is 16.5. The Bertz CT molecular complexity index is 576. The number of hydrogen-bond donors (Lipinski definition) is 2. The van der Waals surface area contributed by atoms with Gasteiger partial charge in [-0.1, -0.05) is 12.8 Å². The molecule has 0 atom stereocenters. The van der Waals surface area contributed by atoms with E-state index in [2.05, 4.69) is 5.32 Å². The number of hydrogen-bond acceptors (Lipinski definition) is 4. The molecule has 2 aliphatic carbocycles. The second-order valence-corrected chi connectivity index (χ2v) is 7.04. The van der Waals surface area contributed by atoms with Gasteiger partial charge >= 0.3 is 0 Å². The van der Waals surface area contributed by atoms with E-state index in [-0.39, 0.29) is 12.0 Å². The summed E-state index contributed by atoms with van der Waals surface area (Å²) in [5.74, 6) is 1.52. The molecular formula is C19H28N2O3. The van der Waals surface area contributed by atoms with Crippen LogP contribution in [0.15, 0.2) is 18.2 Å². The highest BCUT2D eigenvalue weighted by Gasteiger charge is 2.36. The molecule has 24 heavy (non-hydrogen) atoms. The topological polar surface area (TPSA) is 73.6 Å². The van der Waals surface area contributed by atoms with Crippen LogP contribution in [0.2, 0.25) is 0 Å². The Kier molecular flexibility index (Phi) is 5.29. The third kappa shape index (κ3) is 3.83. The van der Waals surface area contributed by atoms with Crippen molar-refractivity contribution in [2.45, 2.75) is 69.6 Å². The van der Waals surface area contributed by atoms with E-state index in [0.717, 1.165) is 55.6 Å². The molecule has 0 saturated heterocycles. The molecule has 0 radical (unpaired) electrons. The molecule has 2 saturated carbocycles. The van der Waals surface area contributed by atoms with Gasteiger partial charge in [0.05, 0.1) is 18.8 Å². The molecule has 132 valence electrons. The summed E-state index contributed by atoms with van der Waals surface area (Å²) < 4.78 is 11.5. The fraction of sp³-hybridized carbons (Fsp3) is 0.632. The first-order chi connectivity index (χ1) is 11.6. The monoisotopic (exact) mass is 332 g/mol. The zero-order chi connectivity index (χ0) is 17.0. The maximum absolute atomic E-state index is 12.4. The van der Waals surface area contributed by atoms with Gasteiger partial charge in [-0.3, -0.25) is 4.79 Å². The van der Waals surface area contributed by atoms with Gasteiger partial charge in [0.15, 0.2) is 0 Å². The number of rotatable bonds is 6. The molecule has 0 aliphatic heterocycles. The lowest BCUT2D eigenvalue weighted by Crippen LogP contribution is -2.51. The van der Waals surface area contributed by atoms with Gasteiger partial charge in [0.2, 0.25) is 5.91 Å². The molecule has 2 aliphatic rings. The predicted molar refractivity (Wildman–Crippen MR) is 93.1 cm³/mol. The van der Waals surface area contributed by atoms with Crippen LogP contribution in [0, 0.1) is 0 Å². The normalized spacial score (nSPS) is 20.1. The van der Waals surface area contributed by atoms with Crippen molar-refractivity contribution in [3.63, 3.8) is 0 Å². The van der Waals surface area contributed by atoms with Crippen LogP contribution in [0.1, 0.15) is 56.9 Å². The molecule has 1 aromatic rings. The molecule has 5 nitrogen and oxygen atoms in total. The van der Waals surface area contributed by atoms with Crippen molar-refractivity contribution in [3.05, 3.63) is 23.8 Å². The van der Waals surface area contributed by atoms with Crippen molar-refractivity contribution < 1.29 is 14.3 Å². The number of methoxy groups -OCH3 is 1. The van der Waals surface area contributed by atoms with Crippen LogP contribution in [0.4, 0.5) is 0 Å². The summed E-state index contributed by atoms with van der Waals surface area (Å²) in [5, 5.41) is 3.00. The molecule has 1 amide bonds. The van der Waals surface area contributed by atoms with E-state index in [1.807, 2.05) is 18.2 Å². The minimum Gasteiger partial charge on any atom is -0.497 e. The zero-order valence-corrected chi connectivity index (χ0v) is 14.5. The zero-order valence-electron chi connectivity index (χ0n) is 14.5. The fourth-order valence-corrected chi connectivity index (χ4v) is 3.69. The number of carbonyl (C=O) groups is 1. The highest BCUT2D eigenvalue weighted by molar-refractivity contribution is 5.86. The lowest BCUT2D eigenvalue weighted by molar-refractivity contribution is -0.126. The van der Waals surface area contributed by atoms with Gasteiger partial charge < -0.3 is 20.5 Å². The Balaban J connectivity index is 1.68. The predicted octanol–water partition coefficient (Wildman–Crippen LogP) is 2.90. The van der Waals surface area contributed by atoms with E-state index in [4.69, 9.17) is 15.2 Å². The van der Waals surface area contributed by atoms with Gasteiger partial charge in [-0.05, 0) is 50.7 Å². The summed E-state index contributed by atoms with van der Waals surface area (Å²) in [6.07, 6.45) is 8.49. The summed E-state index contributed by atoms with van der Waals surface area (Å²) in [4.78, 5) is 12.4. The van der Waals surface area contributed by atoms with Crippen molar-refractivity contribution in [3.8, 4) is 11.5 Å². The fourth-order valence-electron chi connectivity index (χ4n) is 3.69. The van der Waals surface area contributed by atoms with Crippen LogP contribution in [0.25, 0.3) is 0 Å². The summed E-state index contributed by atoms with van der Waals surface area (Å²) in [6, 6.07) is 5.77. The standard InChI is InChI=1S/C19H28N2O3/c1-23-16-9-8-14(17(12-16)24-15-6-2-3-7-15)13-21-18(22)19(20)10-4-5-11-19/h8-9,12,15H,2-7,10-11,13,20H2,1H3,(H,21,22). The van der Waals surface area contributed by atoms with Crippen LogP contribution in [-0.4, -0.2) is 24.7 Å². The molecule has 2 fully saturated rings. The van der Waals surface area contributed by atoms with Crippen LogP contribution in [-0.2, 0) is 11.3 Å². The molecular weight excluding hydrogens is 304 g/mol. The number of benzene rings is 1. The average Bonchev–Trinajstić information content (AvgIpc) is 3.25. The second-order valence-electron chi connectivity index (χ2n) is 7.04. The number of carbonyl (C=O) groups excluding carboxylic acids is 1. The Morgan fingerprint density at radius 3 is 2.62 bits per heavy atom. The third-order valence-corrected chi connectivity index (χ3v) is 5.26. The van der Waals surface area contributed by atoms with E-state index in [9.17, 15) is 4.79 Å². The van der Waals surface area contributed by atoms with Crippen LogP contribution >= 0.6 is 0 Å². The van der Waals surface area contributed by atoms with Gasteiger partial charge in [-0.2, -0.15) is 0 Å². The quantitative estimate of drug-likeness (QED) is 0.840. The largest absolute Gasteiger partial charge is 0.497 e. The lowest BCUT2D eigenvalue weighted by atomic mass is 9.98. The molecule has 0 spiro atoms. The third-order valence-electron chi connectivity index (χ3n) is 5.26. The Morgan fingerprint density at radius 2 is 1.96 bits per heavy atom. The SMILES string of the molecule is COc1ccc(CNC(=O)C2(N)CCCC2)c(OC2CCCC2)c1. The van der Waals surface area contributed by atoms with E-state index < -0.39 is 5.54 Å². The van der Waals surface area contributed by atoms with Crippen LogP contribution in [0.3, 0.4) is 0 Å². The first kappa shape index (κ1) is 17.1. The summed E-state index contributed by atoms with van der Waals surface area (Å²) in [7, 11) is 1.65. The summed E-state index contributed by atoms with van der Waals surface area (Å²) >= 11 is 0. The van der Waals surface area contributed by atoms with E-state index in [1.54, 1.807) is 7.11 Å². The molecule has 5 heteroatoms. The molecule has 0 unspecified atom stereocenters. The lowest BCUT2D eigenvalue weighted by Gasteiger charge is -2.23. The first-order valence-corrected chi connectivity index (χ1v) is 9.01. The number of amides is 1. The molecule has 0 heterocycles. The minimum absolute atomic E-state index is 0.0531. The molecule has 0 aromatic heterocycles. The average molecular weight is 332 g/mol. The Hall–Kier alpha value is -1.75. The van der Waals surface area contributed by atoms with Crippen molar-refractivity contribution >= 4 is 5.91 Å². The maximum atomic E-state index is 12.4. The van der Waals surface area contributed by atoms with Crippen molar-refractivity contribution in [1.82, 2.24) is 5.32 Å². The summed E-state index contributed by atoms with van der Waals surface area (Å²) in [6.45, 7) is 0.434. The number of nitrogens with one attached hydrogen (secondary N) is 1. The molecule has 3 N–H and O–H groups in total. The first-order valence-electron chi connectivity index (χ1n) is 9.01. The van der Waals surface area contributed by atoms with Crippen LogP contribution < -0.4 is 20.5 Å². The van der Waals surface area contributed by atoms with Gasteiger partial charge in [-0.15, -0.1) is 0 Å². The summed E-state index contributed by atoms with van der Waals surface area (Å²) in [5.41, 5.74) is 6.49. The van der Waals surface area contributed by atoms with Crippen molar-refractivity contribution in [1.29, 1.82) is 0 Å². The van der Waals surface area contributed by atoms with Gasteiger partial charge in [0.1, 0.15) is 11.5 Å². The minimum atomic E-state index is -0.695. The molecule has 1 aromatic carbocycles. The van der Waals surface area contributed by atoms with E-state index in [0.29, 0.717) is 6.54 Å². The molecule has 0 bridgehead atoms. The van der Waals surface area contributed by atoms with Gasteiger partial charge in [0, 0.05) is 18.2 Å². The number of nitrogens with two attached hydrogens (primary N) is 1. The van der Waals surface area contributed by atoms with E-state index >= 15 is 0 Å². The van der Waals surface area contributed by atoms with Gasteiger partial charge in [-0.25, -0.2) is 0 Å². The van der Waals surface area contributed by atoms with Crippen molar-refractivity contribution in [2.75, 3.05) is 7.11 Å². The highest BCUT2D eigenvalue weighted by Crippen LogP contribution is 2.31. The van der Waals surface area contributed by atoms with E-state index in [1.165, 1.54) is 12.8 Å². The smallest absolute Gasteiger partial charge is 0.240 e. The van der Waals surface area contributed by atoms with Crippen LogP contribution in [0.5, 0.6) is 11.5 Å². The van der Waals surface area contributed by atoms with Gasteiger partial charge in [0.25, 0.3) is 0 Å².